The Morgan fingerprint density at radius 3 is 2.41 bits per heavy atom. The van der Waals surface area contributed by atoms with Crippen molar-refractivity contribution in [2.75, 3.05) is 14.2 Å². The van der Waals surface area contributed by atoms with Crippen LogP contribution in [0.4, 0.5) is 0 Å². The fourth-order valence-electron chi connectivity index (χ4n) is 2.06. The first-order valence-electron chi connectivity index (χ1n) is 5.59. The molecular formula is C13H23NO2W. The van der Waals surface area contributed by atoms with E-state index in [0.717, 1.165) is 12.3 Å². The molecule has 1 aliphatic rings. The Balaban J connectivity index is 0. The van der Waals surface area contributed by atoms with Gasteiger partial charge in [0.05, 0.1) is 7.11 Å². The summed E-state index contributed by atoms with van der Waals surface area (Å²) in [5, 5.41) is 4.31. The van der Waals surface area contributed by atoms with E-state index in [1.54, 1.807) is 0 Å². The molecule has 0 unspecified atom stereocenters. The number of esters is 1. The fraction of sp³-hybridized carbons (Fsp3) is 0.692. The zero-order chi connectivity index (χ0) is 11.1. The molecular weight excluding hydrogens is 386 g/mol. The van der Waals surface area contributed by atoms with Gasteiger partial charge < -0.3 is 17.5 Å². The van der Waals surface area contributed by atoms with Gasteiger partial charge in [-0.2, -0.15) is 7.05 Å². The van der Waals surface area contributed by atoms with Crippen molar-refractivity contribution >= 4 is 5.97 Å². The van der Waals surface area contributed by atoms with Crippen LogP contribution in [0.15, 0.2) is 12.2 Å². The van der Waals surface area contributed by atoms with Gasteiger partial charge in [-0.25, -0.2) is 4.79 Å². The second kappa shape index (κ2) is 11.0. The molecule has 0 aromatic carbocycles. The Kier molecular flexibility index (Phi) is 12.4. The van der Waals surface area contributed by atoms with E-state index in [4.69, 9.17) is 0 Å². The van der Waals surface area contributed by atoms with Gasteiger partial charge in [-0.1, -0.05) is 31.8 Å². The van der Waals surface area contributed by atoms with E-state index in [0.29, 0.717) is 6.04 Å². The van der Waals surface area contributed by atoms with Crippen molar-refractivity contribution in [1.82, 2.24) is 0 Å². The number of rotatable bonds is 4. The summed E-state index contributed by atoms with van der Waals surface area (Å²) in [7, 11) is 3.31. The van der Waals surface area contributed by atoms with Gasteiger partial charge >= 0.3 is 27.0 Å². The molecule has 0 aliphatic heterocycles. The summed E-state index contributed by atoms with van der Waals surface area (Å²) >= 11 is 0. The summed E-state index contributed by atoms with van der Waals surface area (Å²) in [6.07, 6.45) is 9.31. The number of hydrogen-bond donors (Lipinski definition) is 0. The van der Waals surface area contributed by atoms with Crippen LogP contribution in [-0.4, -0.2) is 26.2 Å². The van der Waals surface area contributed by atoms with Crippen LogP contribution in [0.1, 0.15) is 32.1 Å². The van der Waals surface area contributed by atoms with E-state index in [-0.39, 0.29) is 34.5 Å². The summed E-state index contributed by atoms with van der Waals surface area (Å²) in [5.74, 6) is 0.469. The Morgan fingerprint density at radius 2 is 1.94 bits per heavy atom. The summed E-state index contributed by atoms with van der Waals surface area (Å²) in [5.41, 5.74) is 0. The third-order valence-electron chi connectivity index (χ3n) is 3.11. The van der Waals surface area contributed by atoms with Gasteiger partial charge in [-0.05, 0) is 12.3 Å². The average Bonchev–Trinajstić information content (AvgIpc) is 2.29. The third-order valence-corrected chi connectivity index (χ3v) is 3.11. The zero-order valence-corrected chi connectivity index (χ0v) is 14.0. The van der Waals surface area contributed by atoms with Gasteiger partial charge in [-0.3, -0.25) is 0 Å². The minimum Gasteiger partial charge on any atom is -0.662 e. The minimum absolute atomic E-state index is 0. The molecule has 17 heavy (non-hydrogen) atoms. The molecule has 3 nitrogen and oxygen atoms in total. The second-order valence-electron chi connectivity index (χ2n) is 4.09. The fourth-order valence-corrected chi connectivity index (χ4v) is 2.06. The Bertz CT molecular complexity index is 223. The van der Waals surface area contributed by atoms with Crippen LogP contribution in [0.2, 0.25) is 0 Å². The number of carbonyl (C=O) groups is 1. The van der Waals surface area contributed by atoms with Crippen LogP contribution in [0.3, 0.4) is 0 Å². The predicted octanol–water partition coefficient (Wildman–Crippen LogP) is 3.12. The van der Waals surface area contributed by atoms with E-state index in [1.807, 2.05) is 13.1 Å². The zero-order valence-electron chi connectivity index (χ0n) is 11.0. The minimum atomic E-state index is -0.257. The molecule has 0 saturated heterocycles. The summed E-state index contributed by atoms with van der Waals surface area (Å²) < 4.78 is 4.53. The molecule has 0 bridgehead atoms. The summed E-state index contributed by atoms with van der Waals surface area (Å²) in [4.78, 5) is 10.8. The van der Waals surface area contributed by atoms with E-state index in [9.17, 15) is 4.79 Å². The first-order chi connectivity index (χ1) is 7.26. The van der Waals surface area contributed by atoms with Crippen molar-refractivity contribution in [1.29, 1.82) is 0 Å². The van der Waals surface area contributed by atoms with Crippen LogP contribution in [-0.2, 0) is 30.6 Å². The molecule has 4 heteroatoms. The maximum Gasteiger partial charge on any atom is 2.00 e. The number of hydrogen-bond acceptors (Lipinski definition) is 2. The number of methoxy groups -OCH3 is 1. The molecule has 0 atom stereocenters. The molecule has 0 heterocycles. The largest absolute Gasteiger partial charge is 2.00 e. The Labute approximate surface area is 120 Å². The first kappa shape index (κ1) is 19.2. The normalized spacial score (nSPS) is 23.6. The molecule has 0 radical (unpaired) electrons. The first-order valence-corrected chi connectivity index (χ1v) is 5.59. The van der Waals surface area contributed by atoms with Crippen molar-refractivity contribution < 1.29 is 30.6 Å². The van der Waals surface area contributed by atoms with Crippen LogP contribution < -0.4 is 0 Å². The summed E-state index contributed by atoms with van der Waals surface area (Å²) in [6.45, 7) is 0. The van der Waals surface area contributed by atoms with E-state index >= 15 is 0 Å². The third kappa shape index (κ3) is 7.72. The van der Waals surface area contributed by atoms with Gasteiger partial charge in [-0.15, -0.1) is 6.04 Å². The maximum atomic E-state index is 10.8. The van der Waals surface area contributed by atoms with Crippen LogP contribution >= 0.6 is 0 Å². The molecule has 1 aliphatic carbocycles. The van der Waals surface area contributed by atoms with Gasteiger partial charge in [0.15, 0.2) is 0 Å². The summed E-state index contributed by atoms with van der Waals surface area (Å²) in [6, 6.07) is 0.575. The molecule has 98 valence electrons. The number of carbonyl (C=O) groups excluding carboxylic acids is 1. The van der Waals surface area contributed by atoms with Crippen molar-refractivity contribution in [2.45, 2.75) is 38.1 Å². The monoisotopic (exact) mass is 409 g/mol. The quantitative estimate of drug-likeness (QED) is 0.407. The van der Waals surface area contributed by atoms with Gasteiger partial charge in [0, 0.05) is 6.08 Å². The standard InChI is InChI=1S/C12H20NO2.CH3.W/c1-13-11-8-6-10(7-9-11)4-3-5-12(14)15-2;;/h3,5,10-11H,4,6-9H2,1-2H3;1H3;/q2*-1;+2/b5-3+;;. The maximum absolute atomic E-state index is 10.8. The number of allylic oxidation sites excluding steroid dienone is 1. The molecule has 0 aromatic heterocycles. The molecule has 1 rings (SSSR count). The van der Waals surface area contributed by atoms with Crippen molar-refractivity contribution in [3.8, 4) is 0 Å². The van der Waals surface area contributed by atoms with Crippen molar-refractivity contribution in [3.63, 3.8) is 0 Å². The van der Waals surface area contributed by atoms with E-state index in [2.05, 4.69) is 10.1 Å². The molecule has 0 spiro atoms. The Morgan fingerprint density at radius 1 is 1.35 bits per heavy atom. The topological polar surface area (TPSA) is 40.4 Å². The van der Waals surface area contributed by atoms with Gasteiger partial charge in [0.2, 0.25) is 0 Å². The van der Waals surface area contributed by atoms with Crippen molar-refractivity contribution in [3.05, 3.63) is 24.9 Å². The Hall–Kier alpha value is -0.142. The smallest absolute Gasteiger partial charge is 0.662 e. The second-order valence-corrected chi connectivity index (χ2v) is 4.09. The SMILES string of the molecule is C[N-]C1CCC(C/C=C/C(=O)OC)CC1.[CH3-].[W+2]. The van der Waals surface area contributed by atoms with Crippen LogP contribution in [0.25, 0.3) is 5.32 Å². The van der Waals surface area contributed by atoms with Gasteiger partial charge in [0.25, 0.3) is 0 Å². The molecule has 1 saturated carbocycles. The van der Waals surface area contributed by atoms with E-state index < -0.39 is 0 Å². The molecule has 0 aromatic rings. The van der Waals surface area contributed by atoms with Crippen LogP contribution in [0, 0.1) is 13.3 Å². The molecule has 0 amide bonds. The number of nitrogens with zero attached hydrogens (tertiary/aromatic N) is 1. The predicted molar refractivity (Wildman–Crippen MR) is 67.2 cm³/mol. The van der Waals surface area contributed by atoms with Crippen molar-refractivity contribution in [2.24, 2.45) is 5.92 Å². The van der Waals surface area contributed by atoms with Gasteiger partial charge in [0.1, 0.15) is 0 Å². The average molecular weight is 409 g/mol. The number of ether oxygens (including phenoxy) is 1. The molecule has 0 N–H and O–H groups in total. The van der Waals surface area contributed by atoms with Crippen LogP contribution in [0.5, 0.6) is 0 Å². The molecule has 1 fully saturated rings. The van der Waals surface area contributed by atoms with E-state index in [1.165, 1.54) is 38.9 Å².